The Hall–Kier alpha value is -2.89. The molecule has 0 radical (unpaired) electrons. The first kappa shape index (κ1) is 25.4. The molecule has 1 N–H and O–H groups in total. The van der Waals surface area contributed by atoms with Crippen LogP contribution in [0.2, 0.25) is 0 Å². The van der Waals surface area contributed by atoms with Gasteiger partial charge in [-0.1, -0.05) is 0 Å². The van der Waals surface area contributed by atoms with Crippen LogP contribution in [0.4, 0.5) is 15.4 Å². The Balaban J connectivity index is 1.84. The Morgan fingerprint density at radius 1 is 1.09 bits per heavy atom. The Labute approximate surface area is 185 Å². The fraction of sp³-hybridized carbons (Fsp3) is 0.611. The summed E-state index contributed by atoms with van der Waals surface area (Å²) in [6.45, 7) is 8.42. The number of aromatic nitrogens is 4. The Kier molecular flexibility index (Phi) is 9.69. The molecule has 0 aliphatic carbocycles. The second-order valence-electron chi connectivity index (χ2n) is 7.12. The van der Waals surface area contributed by atoms with E-state index in [-0.39, 0.29) is 30.5 Å². The van der Waals surface area contributed by atoms with Crippen molar-refractivity contribution in [3.05, 3.63) is 12.7 Å². The van der Waals surface area contributed by atoms with Gasteiger partial charge in [-0.05, 0) is 39.2 Å². The average Bonchev–Trinajstić information content (AvgIpc) is 3.09. The van der Waals surface area contributed by atoms with E-state index in [2.05, 4.69) is 25.0 Å². The Morgan fingerprint density at radius 2 is 1.81 bits per heavy atom. The highest BCUT2D eigenvalue weighted by molar-refractivity contribution is 7.38. The SMILES string of the molecule is CC(C)OC(=O)Nc1ncnc2c1ncn2CC(C)OC[P+](=O)OCOC(=O)OC(C)C. The molecule has 0 fully saturated rings. The van der Waals surface area contributed by atoms with Crippen molar-refractivity contribution < 1.29 is 37.6 Å². The quantitative estimate of drug-likeness (QED) is 0.291. The molecule has 1 amide bonds. The highest BCUT2D eigenvalue weighted by Gasteiger charge is 2.22. The molecule has 13 nitrogen and oxygen atoms in total. The molecule has 0 bridgehead atoms. The van der Waals surface area contributed by atoms with Crippen molar-refractivity contribution in [2.24, 2.45) is 0 Å². The number of nitrogens with zero attached hydrogens (tertiary/aromatic N) is 4. The molecule has 2 unspecified atom stereocenters. The lowest BCUT2D eigenvalue weighted by atomic mass is 10.4. The molecule has 0 saturated carbocycles. The van der Waals surface area contributed by atoms with E-state index in [0.717, 1.165) is 0 Å². The second kappa shape index (κ2) is 12.2. The van der Waals surface area contributed by atoms with Crippen LogP contribution in [0.1, 0.15) is 34.6 Å². The van der Waals surface area contributed by atoms with Gasteiger partial charge in [0.1, 0.15) is 6.33 Å². The zero-order chi connectivity index (χ0) is 23.7. The third-order valence-corrected chi connectivity index (χ3v) is 4.34. The number of carbonyl (C=O) groups is 2. The van der Waals surface area contributed by atoms with Gasteiger partial charge in [-0.25, -0.2) is 24.5 Å². The summed E-state index contributed by atoms with van der Waals surface area (Å²) in [6, 6.07) is 0. The van der Waals surface area contributed by atoms with Crippen molar-refractivity contribution in [2.45, 2.75) is 59.5 Å². The van der Waals surface area contributed by atoms with Gasteiger partial charge in [0, 0.05) is 0 Å². The molecule has 14 heteroatoms. The fourth-order valence-corrected chi connectivity index (χ4v) is 2.98. The molecule has 0 saturated heterocycles. The molecule has 2 heterocycles. The van der Waals surface area contributed by atoms with Crippen LogP contribution in [0, 0.1) is 0 Å². The maximum atomic E-state index is 11.9. The normalized spacial score (nSPS) is 12.7. The van der Waals surface area contributed by atoms with Crippen LogP contribution in [0.25, 0.3) is 11.2 Å². The first-order valence-electron chi connectivity index (χ1n) is 9.81. The van der Waals surface area contributed by atoms with E-state index in [9.17, 15) is 14.2 Å². The minimum Gasteiger partial charge on any atom is -0.447 e. The summed E-state index contributed by atoms with van der Waals surface area (Å²) in [6.07, 6.45) is 0.0988. The molecule has 0 aliphatic rings. The van der Waals surface area contributed by atoms with Gasteiger partial charge in [0.25, 0.3) is 6.35 Å². The summed E-state index contributed by atoms with van der Waals surface area (Å²) in [5, 5.41) is 2.54. The summed E-state index contributed by atoms with van der Waals surface area (Å²) < 4.78 is 38.4. The van der Waals surface area contributed by atoms with E-state index in [1.54, 1.807) is 39.2 Å². The smallest absolute Gasteiger partial charge is 0.447 e. The van der Waals surface area contributed by atoms with Crippen LogP contribution in [-0.2, 0) is 34.6 Å². The van der Waals surface area contributed by atoms with Gasteiger partial charge in [0.2, 0.25) is 6.79 Å². The third kappa shape index (κ3) is 8.33. The zero-order valence-corrected chi connectivity index (χ0v) is 19.4. The van der Waals surface area contributed by atoms with E-state index < -0.39 is 27.1 Å². The number of nitrogens with one attached hydrogen (secondary N) is 1. The lowest BCUT2D eigenvalue weighted by molar-refractivity contribution is -0.00820. The maximum Gasteiger partial charge on any atom is 0.540 e. The first-order chi connectivity index (χ1) is 15.2. The molecule has 32 heavy (non-hydrogen) atoms. The van der Waals surface area contributed by atoms with Crippen molar-refractivity contribution >= 4 is 37.3 Å². The minimum absolute atomic E-state index is 0.200. The van der Waals surface area contributed by atoms with Gasteiger partial charge in [0.15, 0.2) is 17.0 Å². The van der Waals surface area contributed by atoms with Crippen LogP contribution in [-0.4, -0.2) is 63.2 Å². The van der Waals surface area contributed by atoms with Gasteiger partial charge in [-0.2, -0.15) is 0 Å². The van der Waals surface area contributed by atoms with E-state index in [1.807, 2.05) is 0 Å². The zero-order valence-electron chi connectivity index (χ0n) is 18.5. The van der Waals surface area contributed by atoms with Crippen LogP contribution in [0.3, 0.4) is 0 Å². The number of hydrogen-bond acceptors (Lipinski definition) is 11. The molecule has 0 aliphatic heterocycles. The van der Waals surface area contributed by atoms with Crippen LogP contribution < -0.4 is 5.32 Å². The number of rotatable bonds is 11. The lowest BCUT2D eigenvalue weighted by Crippen LogP contribution is -2.19. The fourth-order valence-electron chi connectivity index (χ4n) is 2.36. The first-order valence-corrected chi connectivity index (χ1v) is 11.2. The van der Waals surface area contributed by atoms with Crippen molar-refractivity contribution in [1.82, 2.24) is 19.5 Å². The second-order valence-corrected chi connectivity index (χ2v) is 8.30. The molecular weight excluding hydrogens is 445 g/mol. The summed E-state index contributed by atoms with van der Waals surface area (Å²) in [5.74, 6) is 0.223. The van der Waals surface area contributed by atoms with Crippen molar-refractivity contribution in [3.63, 3.8) is 0 Å². The molecule has 2 rings (SSSR count). The van der Waals surface area contributed by atoms with E-state index in [0.29, 0.717) is 17.7 Å². The van der Waals surface area contributed by atoms with E-state index in [1.165, 1.54) is 12.7 Å². The molecule has 0 spiro atoms. The van der Waals surface area contributed by atoms with Gasteiger partial charge in [-0.3, -0.25) is 5.32 Å². The molecule has 2 aromatic rings. The predicted molar refractivity (Wildman–Crippen MR) is 112 cm³/mol. The highest BCUT2D eigenvalue weighted by Crippen LogP contribution is 2.23. The molecule has 0 aromatic carbocycles. The molecular formula is C18H27N5O8P+. The summed E-state index contributed by atoms with van der Waals surface area (Å²) in [7, 11) is -2.20. The highest BCUT2D eigenvalue weighted by atomic mass is 31.1. The number of fused-ring (bicyclic) bond motifs is 1. The van der Waals surface area contributed by atoms with Gasteiger partial charge in [-0.15, -0.1) is 4.52 Å². The molecule has 2 aromatic heterocycles. The molecule has 2 atom stereocenters. The number of imidazole rings is 1. The number of amides is 1. The van der Waals surface area contributed by atoms with E-state index >= 15 is 0 Å². The van der Waals surface area contributed by atoms with Crippen LogP contribution in [0.5, 0.6) is 0 Å². The monoisotopic (exact) mass is 472 g/mol. The maximum absolute atomic E-state index is 11.9. The predicted octanol–water partition coefficient (Wildman–Crippen LogP) is 3.42. The summed E-state index contributed by atoms with van der Waals surface area (Å²) in [4.78, 5) is 35.5. The Bertz CT molecular complexity index is 935. The van der Waals surface area contributed by atoms with Crippen LogP contribution in [0.15, 0.2) is 12.7 Å². The number of anilines is 1. The van der Waals surface area contributed by atoms with Gasteiger partial charge >= 0.3 is 20.3 Å². The Morgan fingerprint density at radius 3 is 2.50 bits per heavy atom. The standard InChI is InChI=1S/C18H26N5O8P/c1-11(2)30-17(24)22-15-14-16(20-7-19-15)23(8-21-14)6-13(5)28-10-32(26)29-9-27-18(25)31-12(3)4/h7-8,11-13H,6,9-10H2,1-5H3/p+1. The lowest BCUT2D eigenvalue weighted by Gasteiger charge is -2.11. The van der Waals surface area contributed by atoms with Gasteiger partial charge < -0.3 is 23.5 Å². The number of carbonyl (C=O) groups excluding carboxylic acids is 2. The number of ether oxygens (including phenoxy) is 4. The minimum atomic E-state index is -2.20. The third-order valence-electron chi connectivity index (χ3n) is 3.59. The van der Waals surface area contributed by atoms with Crippen molar-refractivity contribution in [2.75, 3.05) is 18.5 Å². The summed E-state index contributed by atoms with van der Waals surface area (Å²) >= 11 is 0. The van der Waals surface area contributed by atoms with Crippen LogP contribution >= 0.6 is 8.03 Å². The average molecular weight is 472 g/mol. The topological polar surface area (TPSA) is 153 Å². The number of hydrogen-bond donors (Lipinski definition) is 1. The van der Waals surface area contributed by atoms with Crippen molar-refractivity contribution in [1.29, 1.82) is 0 Å². The largest absolute Gasteiger partial charge is 0.540 e. The summed E-state index contributed by atoms with van der Waals surface area (Å²) in [5.41, 5.74) is 0.869. The van der Waals surface area contributed by atoms with E-state index in [4.69, 9.17) is 18.7 Å². The van der Waals surface area contributed by atoms with Crippen molar-refractivity contribution in [3.8, 4) is 0 Å². The molecule has 176 valence electrons. The van der Waals surface area contributed by atoms with Gasteiger partial charge in [0.05, 0.1) is 31.2 Å².